The molecule has 1 rings (SSSR count). The largest absolute Gasteiger partial charge is 0.394 e. The Labute approximate surface area is 474 Å². The Hall–Kier alpha value is -2.37. The van der Waals surface area contributed by atoms with Crippen LogP contribution in [0.2, 0.25) is 0 Å². The zero-order chi connectivity index (χ0) is 55.8. The van der Waals surface area contributed by atoms with E-state index in [9.17, 15) is 30.3 Å². The topological polar surface area (TPSA) is 149 Å². The molecular weight excluding hydrogens is 959 g/mol. The lowest BCUT2D eigenvalue weighted by molar-refractivity contribution is -0.302. The normalized spacial score (nSPS) is 19.2. The van der Waals surface area contributed by atoms with Gasteiger partial charge in [0.25, 0.3) is 0 Å². The van der Waals surface area contributed by atoms with Crippen LogP contribution in [-0.4, -0.2) is 87.5 Å². The third-order valence-electron chi connectivity index (χ3n) is 15.3. The summed E-state index contributed by atoms with van der Waals surface area (Å²) in [6.07, 6.45) is 72.7. The second-order valence-corrected chi connectivity index (χ2v) is 22.5. The number of aliphatic hydroxyl groups excluding tert-OH is 5. The summed E-state index contributed by atoms with van der Waals surface area (Å²) in [5, 5.41) is 54.7. The maximum atomic E-state index is 13.1. The van der Waals surface area contributed by atoms with E-state index in [1.54, 1.807) is 6.08 Å². The molecule has 0 aliphatic carbocycles. The first-order valence-electron chi connectivity index (χ1n) is 32.7. The van der Waals surface area contributed by atoms with E-state index >= 15 is 0 Å². The number of hydrogen-bond acceptors (Lipinski definition) is 8. The molecule has 0 aromatic heterocycles. The van der Waals surface area contributed by atoms with Crippen molar-refractivity contribution in [2.75, 3.05) is 13.2 Å². The third kappa shape index (κ3) is 46.0. The number of nitrogens with one attached hydrogen (secondary N) is 1. The summed E-state index contributed by atoms with van der Waals surface area (Å²) in [5.41, 5.74) is 0. The van der Waals surface area contributed by atoms with Crippen LogP contribution in [-0.2, 0) is 14.3 Å². The highest BCUT2D eigenvalue weighted by Gasteiger charge is 2.44. The Bertz CT molecular complexity index is 1440. The van der Waals surface area contributed by atoms with Gasteiger partial charge in [-0.05, 0) is 64.2 Å². The number of amides is 1. The zero-order valence-electron chi connectivity index (χ0n) is 50.0. The molecule has 1 heterocycles. The summed E-state index contributed by atoms with van der Waals surface area (Å²) in [4.78, 5) is 13.1. The monoisotopic (exact) mass is 1080 g/mol. The van der Waals surface area contributed by atoms with E-state index in [0.717, 1.165) is 70.6 Å². The first kappa shape index (κ1) is 72.6. The molecule has 9 nitrogen and oxygen atoms in total. The Morgan fingerprint density at radius 2 is 0.805 bits per heavy atom. The summed E-state index contributed by atoms with van der Waals surface area (Å²) in [7, 11) is 0. The number of ether oxygens (including phenoxy) is 2. The van der Waals surface area contributed by atoms with Gasteiger partial charge >= 0.3 is 0 Å². The smallest absolute Gasteiger partial charge is 0.220 e. The Kier molecular flexibility index (Phi) is 53.7. The Morgan fingerprint density at radius 3 is 1.19 bits per heavy atom. The van der Waals surface area contributed by atoms with Crippen molar-refractivity contribution in [3.8, 4) is 0 Å². The molecule has 0 bridgehead atoms. The Balaban J connectivity index is 2.18. The molecule has 7 atom stereocenters. The highest BCUT2D eigenvalue weighted by molar-refractivity contribution is 5.76. The van der Waals surface area contributed by atoms with Crippen LogP contribution in [0.3, 0.4) is 0 Å². The van der Waals surface area contributed by atoms with Crippen LogP contribution >= 0.6 is 0 Å². The van der Waals surface area contributed by atoms with Crippen LogP contribution in [0, 0.1) is 0 Å². The van der Waals surface area contributed by atoms with Crippen LogP contribution < -0.4 is 5.32 Å². The minimum atomic E-state index is -1.57. The molecule has 1 aliphatic heterocycles. The molecule has 0 radical (unpaired) electrons. The summed E-state index contributed by atoms with van der Waals surface area (Å²) in [6.45, 7) is 3.70. The molecule has 1 fully saturated rings. The van der Waals surface area contributed by atoms with Crippen LogP contribution in [0.1, 0.15) is 296 Å². The molecule has 1 saturated heterocycles. The molecule has 0 spiro atoms. The minimum Gasteiger partial charge on any atom is -0.394 e. The van der Waals surface area contributed by atoms with Crippen molar-refractivity contribution in [2.45, 2.75) is 339 Å². The maximum Gasteiger partial charge on any atom is 0.220 e. The van der Waals surface area contributed by atoms with Gasteiger partial charge in [-0.25, -0.2) is 0 Å². The van der Waals surface area contributed by atoms with Gasteiger partial charge < -0.3 is 40.3 Å². The lowest BCUT2D eigenvalue weighted by Crippen LogP contribution is -2.60. The van der Waals surface area contributed by atoms with Gasteiger partial charge in [0.05, 0.1) is 25.4 Å². The predicted molar refractivity (Wildman–Crippen MR) is 327 cm³/mol. The number of carbonyl (C=O) groups is 1. The quantitative estimate of drug-likeness (QED) is 0.0261. The van der Waals surface area contributed by atoms with E-state index in [-0.39, 0.29) is 12.5 Å². The summed E-state index contributed by atoms with van der Waals surface area (Å²) in [6, 6.07) is -0.812. The number of allylic oxidation sites excluding steroid dienone is 11. The van der Waals surface area contributed by atoms with E-state index in [0.29, 0.717) is 6.42 Å². The van der Waals surface area contributed by atoms with Gasteiger partial charge in [0, 0.05) is 6.42 Å². The maximum absolute atomic E-state index is 13.1. The lowest BCUT2D eigenvalue weighted by atomic mass is 9.99. The highest BCUT2D eigenvalue weighted by Crippen LogP contribution is 2.23. The van der Waals surface area contributed by atoms with Gasteiger partial charge in [0.15, 0.2) is 6.29 Å². The van der Waals surface area contributed by atoms with Gasteiger partial charge in [-0.3, -0.25) is 4.79 Å². The second-order valence-electron chi connectivity index (χ2n) is 22.5. The van der Waals surface area contributed by atoms with Gasteiger partial charge in [0.1, 0.15) is 24.4 Å². The van der Waals surface area contributed by atoms with Gasteiger partial charge in [-0.15, -0.1) is 0 Å². The van der Waals surface area contributed by atoms with Crippen molar-refractivity contribution in [3.63, 3.8) is 0 Å². The Morgan fingerprint density at radius 1 is 0.455 bits per heavy atom. The first-order chi connectivity index (χ1) is 37.8. The predicted octanol–water partition coefficient (Wildman–Crippen LogP) is 17.2. The van der Waals surface area contributed by atoms with E-state index in [1.807, 2.05) is 6.08 Å². The molecule has 9 heteroatoms. The highest BCUT2D eigenvalue weighted by atomic mass is 16.7. The van der Waals surface area contributed by atoms with E-state index < -0.39 is 49.5 Å². The van der Waals surface area contributed by atoms with Crippen molar-refractivity contribution in [2.24, 2.45) is 0 Å². The van der Waals surface area contributed by atoms with Crippen molar-refractivity contribution in [1.29, 1.82) is 0 Å². The van der Waals surface area contributed by atoms with E-state index in [1.165, 1.54) is 205 Å². The van der Waals surface area contributed by atoms with Crippen LogP contribution in [0.4, 0.5) is 0 Å². The zero-order valence-corrected chi connectivity index (χ0v) is 50.0. The fraction of sp³-hybridized carbons (Fsp3) is 0.809. The molecule has 7 unspecified atom stereocenters. The number of aliphatic hydroxyl groups is 5. The number of carbonyl (C=O) groups excluding carboxylic acids is 1. The van der Waals surface area contributed by atoms with Crippen molar-refractivity contribution < 1.29 is 39.8 Å². The SMILES string of the molecule is CC/C=C\C/C=C\C/C=C\C/C=C\C/C=C\CCCCCCCCCCCCCC(=O)NC(COC1OC(CO)C(O)C(O)C1O)C(O)/C=C/CCCCCCCCCCCCCCCCCCCCCCCCCCC. The summed E-state index contributed by atoms with van der Waals surface area (Å²) < 4.78 is 11.3. The molecular formula is C68H123NO8. The van der Waals surface area contributed by atoms with Gasteiger partial charge in [0.2, 0.25) is 5.91 Å². The molecule has 0 aromatic rings. The van der Waals surface area contributed by atoms with Crippen molar-refractivity contribution in [1.82, 2.24) is 5.32 Å². The van der Waals surface area contributed by atoms with Crippen LogP contribution in [0.15, 0.2) is 72.9 Å². The van der Waals surface area contributed by atoms with E-state index in [2.05, 4.69) is 79.9 Å². The van der Waals surface area contributed by atoms with Gasteiger partial charge in [-0.2, -0.15) is 0 Å². The average molecular weight is 1080 g/mol. The third-order valence-corrected chi connectivity index (χ3v) is 15.3. The number of hydrogen-bond donors (Lipinski definition) is 6. The van der Waals surface area contributed by atoms with Crippen LogP contribution in [0.5, 0.6) is 0 Å². The van der Waals surface area contributed by atoms with Gasteiger partial charge in [-0.1, -0.05) is 299 Å². The van der Waals surface area contributed by atoms with E-state index in [4.69, 9.17) is 9.47 Å². The fourth-order valence-corrected chi connectivity index (χ4v) is 10.2. The lowest BCUT2D eigenvalue weighted by Gasteiger charge is -2.40. The standard InChI is InChI=1S/C68H123NO8/c1-3-5-7-9-11-13-15-17-19-21-23-25-27-29-31-33-35-37-39-41-43-45-47-49-51-53-55-57-62(71)61(60-76-68-67(75)66(74)65(73)63(59-70)77-68)69-64(72)58-56-54-52-50-48-46-44-42-40-38-36-34-32-30-28-26-24-22-20-18-16-14-12-10-8-6-4-2/h6,8,12,14,18,20,24,26,30,32,55,57,61-63,65-68,70-71,73-75H,3-5,7,9-11,13,15-17,19,21-23,25,27-29,31,33-54,56,58-60H2,1-2H3,(H,69,72)/b8-6-,14-12-,20-18-,26-24-,32-30-,57-55+. The minimum absolute atomic E-state index is 0.179. The molecule has 1 aliphatic rings. The first-order valence-corrected chi connectivity index (χ1v) is 32.7. The molecule has 448 valence electrons. The summed E-state index contributed by atoms with van der Waals surface area (Å²) in [5.74, 6) is -0.179. The molecule has 0 saturated carbocycles. The van der Waals surface area contributed by atoms with Crippen LogP contribution in [0.25, 0.3) is 0 Å². The molecule has 0 aromatic carbocycles. The molecule has 6 N–H and O–H groups in total. The number of unbranched alkanes of at least 4 members (excludes halogenated alkanes) is 36. The molecule has 1 amide bonds. The van der Waals surface area contributed by atoms with Crippen molar-refractivity contribution >= 4 is 5.91 Å². The fourth-order valence-electron chi connectivity index (χ4n) is 10.2. The summed E-state index contributed by atoms with van der Waals surface area (Å²) >= 11 is 0. The second kappa shape index (κ2) is 56.9. The molecule has 77 heavy (non-hydrogen) atoms. The number of rotatable bonds is 56. The average Bonchev–Trinajstić information content (AvgIpc) is 3.43. The van der Waals surface area contributed by atoms with Crippen molar-refractivity contribution in [3.05, 3.63) is 72.9 Å².